The Morgan fingerprint density at radius 3 is 2.04 bits per heavy atom. The molecule has 1 N–H and O–H groups in total. The van der Waals surface area contributed by atoms with E-state index in [4.69, 9.17) is 16.9 Å². The highest BCUT2D eigenvalue weighted by Gasteiger charge is 2.25. The zero-order valence-corrected chi connectivity index (χ0v) is 12.8. The second-order valence-corrected chi connectivity index (χ2v) is 4.99. The van der Waals surface area contributed by atoms with Gasteiger partial charge >= 0.3 is 0 Å². The number of anilines is 1. The van der Waals surface area contributed by atoms with E-state index in [1.165, 1.54) is 24.3 Å². The molecule has 0 atom stereocenters. The Kier molecular flexibility index (Phi) is 5.39. The predicted octanol–water partition coefficient (Wildman–Crippen LogP) is 4.58. The summed E-state index contributed by atoms with van der Waals surface area (Å²) in [6.07, 6.45) is 0.266. The third-order valence-electron chi connectivity index (χ3n) is 3.02. The average Bonchev–Trinajstić information content (AvgIpc) is 2.60. The van der Waals surface area contributed by atoms with Gasteiger partial charge in [-0.15, -0.1) is 0 Å². The zero-order valence-electron chi connectivity index (χ0n) is 12.0. The molecule has 0 aliphatic heterocycles. The van der Waals surface area contributed by atoms with Crippen LogP contribution in [-0.2, 0) is 4.79 Å². The summed E-state index contributed by atoms with van der Waals surface area (Å²) in [5.74, 6) is -12.2. The van der Waals surface area contributed by atoms with E-state index in [1.807, 2.05) is 0 Å². The topological polar surface area (TPSA) is 52.9 Å². The van der Waals surface area contributed by atoms with Gasteiger partial charge in [-0.3, -0.25) is 4.79 Å². The second kappa shape index (κ2) is 7.32. The molecule has 0 bridgehead atoms. The molecule has 0 heterocycles. The van der Waals surface area contributed by atoms with E-state index in [0.717, 1.165) is 0 Å². The first-order valence-corrected chi connectivity index (χ1v) is 6.84. The summed E-state index contributed by atoms with van der Waals surface area (Å²) in [6.45, 7) is 0. The van der Waals surface area contributed by atoms with Crippen LogP contribution in [0.2, 0.25) is 5.02 Å². The molecular formula is C16H6ClF5N2O. The van der Waals surface area contributed by atoms with E-state index in [9.17, 15) is 26.7 Å². The highest BCUT2D eigenvalue weighted by molar-refractivity contribution is 6.34. The first-order chi connectivity index (χ1) is 11.8. The van der Waals surface area contributed by atoms with Crippen molar-refractivity contribution < 1.29 is 26.7 Å². The molecule has 0 spiro atoms. The average molecular weight is 373 g/mol. The Bertz CT molecular complexity index is 908. The van der Waals surface area contributed by atoms with E-state index in [0.29, 0.717) is 0 Å². The molecule has 0 radical (unpaired) electrons. The van der Waals surface area contributed by atoms with E-state index < -0.39 is 46.1 Å². The van der Waals surface area contributed by atoms with E-state index in [1.54, 1.807) is 6.07 Å². The molecular weight excluding hydrogens is 367 g/mol. The molecule has 2 aromatic rings. The molecule has 1 amide bonds. The fraction of sp³-hybridized carbons (Fsp3) is 0. The molecule has 128 valence electrons. The first-order valence-electron chi connectivity index (χ1n) is 6.47. The lowest BCUT2D eigenvalue weighted by molar-refractivity contribution is -0.112. The van der Waals surface area contributed by atoms with Crippen molar-refractivity contribution in [1.82, 2.24) is 0 Å². The number of benzene rings is 2. The number of halogens is 6. The molecule has 0 fully saturated rings. The lowest BCUT2D eigenvalue weighted by Gasteiger charge is -2.07. The minimum absolute atomic E-state index is 0.0905. The van der Waals surface area contributed by atoms with Crippen LogP contribution in [0.1, 0.15) is 5.56 Å². The number of nitriles is 1. The van der Waals surface area contributed by atoms with E-state index in [-0.39, 0.29) is 16.8 Å². The number of hydrogen-bond donors (Lipinski definition) is 1. The summed E-state index contributed by atoms with van der Waals surface area (Å²) < 4.78 is 66.6. The van der Waals surface area contributed by atoms with E-state index >= 15 is 0 Å². The fourth-order valence-electron chi connectivity index (χ4n) is 1.79. The quantitative estimate of drug-likeness (QED) is 0.282. The third-order valence-corrected chi connectivity index (χ3v) is 3.35. The molecule has 2 rings (SSSR count). The van der Waals surface area contributed by atoms with Gasteiger partial charge in [0.15, 0.2) is 23.3 Å². The van der Waals surface area contributed by atoms with Crippen molar-refractivity contribution in [2.45, 2.75) is 0 Å². The minimum Gasteiger partial charge on any atom is -0.320 e. The fourth-order valence-corrected chi connectivity index (χ4v) is 1.98. The van der Waals surface area contributed by atoms with Gasteiger partial charge in [0.25, 0.3) is 5.91 Å². The van der Waals surface area contributed by atoms with Crippen molar-refractivity contribution in [2.75, 3.05) is 5.32 Å². The van der Waals surface area contributed by atoms with Crippen molar-refractivity contribution in [3.05, 3.63) is 69.5 Å². The number of nitrogens with zero attached hydrogens (tertiary/aromatic N) is 1. The molecule has 0 saturated carbocycles. The lowest BCUT2D eigenvalue weighted by atomic mass is 10.1. The van der Waals surface area contributed by atoms with Crippen molar-refractivity contribution in [2.24, 2.45) is 0 Å². The van der Waals surface area contributed by atoms with Crippen molar-refractivity contribution in [3.63, 3.8) is 0 Å². The van der Waals surface area contributed by atoms with E-state index in [2.05, 4.69) is 5.32 Å². The Labute approximate surface area is 142 Å². The molecule has 25 heavy (non-hydrogen) atoms. The Balaban J connectivity index is 2.47. The molecule has 0 aliphatic carbocycles. The molecule has 2 aromatic carbocycles. The summed E-state index contributed by atoms with van der Waals surface area (Å²) >= 11 is 5.81. The predicted molar refractivity (Wildman–Crippen MR) is 79.9 cm³/mol. The number of hydrogen-bond acceptors (Lipinski definition) is 2. The Morgan fingerprint density at radius 1 is 1.00 bits per heavy atom. The zero-order chi connectivity index (χ0) is 18.7. The van der Waals surface area contributed by atoms with Gasteiger partial charge in [0.2, 0.25) is 5.82 Å². The maximum absolute atomic E-state index is 13.6. The normalized spacial score (nSPS) is 11.2. The smallest absolute Gasteiger partial charge is 0.266 e. The van der Waals surface area contributed by atoms with Crippen LogP contribution in [0.3, 0.4) is 0 Å². The van der Waals surface area contributed by atoms with Crippen molar-refractivity contribution in [3.8, 4) is 6.07 Å². The summed E-state index contributed by atoms with van der Waals surface area (Å²) in [5.41, 5.74) is -2.20. The maximum atomic E-state index is 13.6. The maximum Gasteiger partial charge on any atom is 0.266 e. The van der Waals surface area contributed by atoms with Gasteiger partial charge in [-0.25, -0.2) is 22.0 Å². The van der Waals surface area contributed by atoms with Crippen molar-refractivity contribution in [1.29, 1.82) is 5.26 Å². The molecule has 9 heteroatoms. The number of carbonyl (C=O) groups is 1. The van der Waals surface area contributed by atoms with Crippen LogP contribution in [0.5, 0.6) is 0 Å². The van der Waals surface area contributed by atoms with Gasteiger partial charge in [-0.2, -0.15) is 5.26 Å². The summed E-state index contributed by atoms with van der Waals surface area (Å²) in [6, 6.07) is 7.22. The van der Waals surface area contributed by atoms with Gasteiger partial charge in [0, 0.05) is 0 Å². The second-order valence-electron chi connectivity index (χ2n) is 4.59. The Hall–Kier alpha value is -2.92. The molecule has 0 unspecified atom stereocenters. The van der Waals surface area contributed by atoms with Crippen LogP contribution >= 0.6 is 11.6 Å². The Morgan fingerprint density at radius 2 is 1.52 bits per heavy atom. The SMILES string of the molecule is N#C/C(=C\c1c(F)c(F)c(F)c(F)c1F)C(=O)Nc1ccccc1Cl. The number of nitrogens with one attached hydrogen (secondary N) is 1. The van der Waals surface area contributed by atoms with Gasteiger partial charge in [0.1, 0.15) is 11.6 Å². The molecule has 0 saturated heterocycles. The van der Waals surface area contributed by atoms with Crippen LogP contribution in [0, 0.1) is 40.4 Å². The van der Waals surface area contributed by atoms with Crippen LogP contribution in [-0.4, -0.2) is 5.91 Å². The van der Waals surface area contributed by atoms with Crippen LogP contribution in [0.15, 0.2) is 29.8 Å². The number of para-hydroxylation sites is 1. The van der Waals surface area contributed by atoms with Gasteiger partial charge in [-0.1, -0.05) is 23.7 Å². The third kappa shape index (κ3) is 3.61. The lowest BCUT2D eigenvalue weighted by Crippen LogP contribution is -2.14. The number of carbonyl (C=O) groups excluding carboxylic acids is 1. The molecule has 3 nitrogen and oxygen atoms in total. The van der Waals surface area contributed by atoms with Gasteiger partial charge in [0.05, 0.1) is 16.3 Å². The van der Waals surface area contributed by atoms with Crippen LogP contribution in [0.25, 0.3) is 6.08 Å². The number of rotatable bonds is 3. The highest BCUT2D eigenvalue weighted by atomic mass is 35.5. The summed E-state index contributed by atoms with van der Waals surface area (Å²) in [4.78, 5) is 12.0. The largest absolute Gasteiger partial charge is 0.320 e. The van der Waals surface area contributed by atoms with Crippen LogP contribution < -0.4 is 5.32 Å². The molecule has 0 aromatic heterocycles. The van der Waals surface area contributed by atoms with Crippen molar-refractivity contribution >= 4 is 29.3 Å². The van der Waals surface area contributed by atoms with Gasteiger partial charge in [-0.05, 0) is 18.2 Å². The highest BCUT2D eigenvalue weighted by Crippen LogP contribution is 2.26. The monoisotopic (exact) mass is 372 g/mol. The summed E-state index contributed by atoms with van der Waals surface area (Å²) in [5, 5.41) is 11.3. The van der Waals surface area contributed by atoms with Crippen LogP contribution in [0.4, 0.5) is 27.6 Å². The summed E-state index contributed by atoms with van der Waals surface area (Å²) in [7, 11) is 0. The standard InChI is InChI=1S/C16H6ClF5N2O/c17-9-3-1-2-4-10(9)24-16(25)7(6-23)5-8-11(18)13(20)15(22)14(21)12(8)19/h1-5H,(H,24,25)/b7-5+. The minimum atomic E-state index is -2.34. The number of amides is 1. The molecule has 0 aliphatic rings. The first kappa shape index (κ1) is 18.4. The van der Waals surface area contributed by atoms with Gasteiger partial charge < -0.3 is 5.32 Å².